The number of carbonyl (C=O) groups is 3. The van der Waals surface area contributed by atoms with E-state index in [0.29, 0.717) is 11.6 Å². The minimum Gasteiger partial charge on any atom is -0.350 e. The van der Waals surface area contributed by atoms with Crippen LogP contribution in [0.1, 0.15) is 11.1 Å². The van der Waals surface area contributed by atoms with Crippen LogP contribution in [-0.4, -0.2) is 28.5 Å². The lowest BCUT2D eigenvalue weighted by Gasteiger charge is -2.13. The van der Waals surface area contributed by atoms with Gasteiger partial charge in [-0.05, 0) is 51.9 Å². The van der Waals surface area contributed by atoms with Gasteiger partial charge in [0.2, 0.25) is 5.91 Å². The summed E-state index contributed by atoms with van der Waals surface area (Å²) in [6, 6.07) is 20.7. The summed E-state index contributed by atoms with van der Waals surface area (Å²) in [5, 5.41) is 5.07. The smallest absolute Gasteiger partial charge is 0.294 e. The van der Waals surface area contributed by atoms with E-state index in [1.165, 1.54) is 0 Å². The lowest BCUT2D eigenvalue weighted by Crippen LogP contribution is -2.39. The zero-order valence-electron chi connectivity index (χ0n) is 15.8. The lowest BCUT2D eigenvalue weighted by atomic mass is 10.0. The number of hydrogen-bond donors (Lipinski definition) is 1. The van der Waals surface area contributed by atoms with Gasteiger partial charge in [0, 0.05) is 11.6 Å². The highest BCUT2D eigenvalue weighted by atomic mass is 35.5. The second-order valence-electron chi connectivity index (χ2n) is 6.73. The molecule has 0 saturated carbocycles. The van der Waals surface area contributed by atoms with E-state index in [1.54, 1.807) is 30.3 Å². The van der Waals surface area contributed by atoms with Crippen molar-refractivity contribution >= 4 is 57.3 Å². The van der Waals surface area contributed by atoms with Crippen LogP contribution in [0.4, 0.5) is 4.79 Å². The Morgan fingerprint density at radius 2 is 1.73 bits per heavy atom. The van der Waals surface area contributed by atoms with Crippen molar-refractivity contribution in [1.82, 2.24) is 10.2 Å². The average molecular weight is 437 g/mol. The second kappa shape index (κ2) is 8.73. The number of amides is 3. The highest BCUT2D eigenvalue weighted by Crippen LogP contribution is 2.32. The van der Waals surface area contributed by atoms with Crippen LogP contribution in [0.15, 0.2) is 71.6 Å². The Morgan fingerprint density at radius 3 is 2.53 bits per heavy atom. The monoisotopic (exact) mass is 436 g/mol. The van der Waals surface area contributed by atoms with Crippen LogP contribution in [0.5, 0.6) is 0 Å². The van der Waals surface area contributed by atoms with Crippen LogP contribution in [0.2, 0.25) is 5.02 Å². The van der Waals surface area contributed by atoms with Crippen LogP contribution in [0.25, 0.3) is 16.8 Å². The first-order chi connectivity index (χ1) is 14.5. The van der Waals surface area contributed by atoms with E-state index in [0.717, 1.165) is 38.6 Å². The molecule has 30 heavy (non-hydrogen) atoms. The quantitative estimate of drug-likeness (QED) is 0.581. The minimum atomic E-state index is -0.472. The number of hydrogen-bond acceptors (Lipinski definition) is 4. The number of rotatable bonds is 5. The number of benzene rings is 3. The highest BCUT2D eigenvalue weighted by Gasteiger charge is 2.36. The van der Waals surface area contributed by atoms with Crippen LogP contribution < -0.4 is 5.32 Å². The van der Waals surface area contributed by atoms with Crippen LogP contribution in [-0.2, 0) is 16.1 Å². The molecule has 1 N–H and O–H groups in total. The van der Waals surface area contributed by atoms with Gasteiger partial charge in [0.05, 0.1) is 4.91 Å². The molecule has 3 aromatic carbocycles. The van der Waals surface area contributed by atoms with E-state index in [4.69, 9.17) is 11.6 Å². The maximum absolute atomic E-state index is 12.6. The van der Waals surface area contributed by atoms with Crippen molar-refractivity contribution in [2.24, 2.45) is 0 Å². The molecule has 4 rings (SSSR count). The van der Waals surface area contributed by atoms with E-state index in [9.17, 15) is 14.4 Å². The normalized spacial score (nSPS) is 15.2. The third-order valence-corrected chi connectivity index (χ3v) is 5.86. The average Bonchev–Trinajstić information content (AvgIpc) is 3.01. The van der Waals surface area contributed by atoms with Gasteiger partial charge in [0.1, 0.15) is 6.54 Å². The van der Waals surface area contributed by atoms with E-state index >= 15 is 0 Å². The first kappa shape index (κ1) is 20.2. The summed E-state index contributed by atoms with van der Waals surface area (Å²) >= 11 is 6.69. The molecule has 7 heteroatoms. The minimum absolute atomic E-state index is 0.282. The van der Waals surface area contributed by atoms with Crippen LogP contribution >= 0.6 is 23.4 Å². The highest BCUT2D eigenvalue weighted by molar-refractivity contribution is 8.18. The molecule has 1 aliphatic heterocycles. The standard InChI is InChI=1S/C23H17ClN2O3S/c24-18-10-8-15(9-11-18)12-20-22(28)26(23(29)30-20)14-21(27)25-13-17-6-3-5-16-4-1-2-7-19(16)17/h1-12H,13-14H2,(H,25,27)/b20-12-. The molecule has 1 heterocycles. The maximum atomic E-state index is 12.6. The van der Waals surface area contributed by atoms with Crippen molar-refractivity contribution in [2.75, 3.05) is 6.54 Å². The van der Waals surface area contributed by atoms with Crippen molar-refractivity contribution in [3.05, 3.63) is 87.8 Å². The van der Waals surface area contributed by atoms with Gasteiger partial charge >= 0.3 is 0 Å². The van der Waals surface area contributed by atoms with E-state index < -0.39 is 17.1 Å². The number of carbonyl (C=O) groups excluding carboxylic acids is 3. The predicted octanol–water partition coefficient (Wildman–Crippen LogP) is 4.85. The number of nitrogens with zero attached hydrogens (tertiary/aromatic N) is 1. The van der Waals surface area contributed by atoms with Crippen molar-refractivity contribution in [3.63, 3.8) is 0 Å². The lowest BCUT2D eigenvalue weighted by molar-refractivity contribution is -0.129. The number of nitrogens with one attached hydrogen (secondary N) is 1. The number of thioether (sulfide) groups is 1. The summed E-state index contributed by atoms with van der Waals surface area (Å²) in [7, 11) is 0. The zero-order valence-corrected chi connectivity index (χ0v) is 17.4. The molecule has 1 aliphatic rings. The van der Waals surface area contributed by atoms with E-state index in [2.05, 4.69) is 5.32 Å². The van der Waals surface area contributed by atoms with Crippen molar-refractivity contribution in [2.45, 2.75) is 6.54 Å². The Kier molecular flexibility index (Phi) is 5.88. The Balaban J connectivity index is 1.41. The van der Waals surface area contributed by atoms with Gasteiger partial charge in [-0.25, -0.2) is 0 Å². The Hall–Kier alpha value is -3.09. The zero-order chi connectivity index (χ0) is 21.1. The topological polar surface area (TPSA) is 66.5 Å². The third-order valence-electron chi connectivity index (χ3n) is 4.70. The first-order valence-corrected chi connectivity index (χ1v) is 10.4. The van der Waals surface area contributed by atoms with Gasteiger partial charge < -0.3 is 5.32 Å². The first-order valence-electron chi connectivity index (χ1n) is 9.25. The molecule has 1 saturated heterocycles. The largest absolute Gasteiger partial charge is 0.350 e. The summed E-state index contributed by atoms with van der Waals surface area (Å²) in [5.74, 6) is -0.863. The van der Waals surface area contributed by atoms with Crippen molar-refractivity contribution in [3.8, 4) is 0 Å². The molecule has 5 nitrogen and oxygen atoms in total. The van der Waals surface area contributed by atoms with Gasteiger partial charge in [0.25, 0.3) is 11.1 Å². The van der Waals surface area contributed by atoms with Gasteiger partial charge in [-0.2, -0.15) is 0 Å². The molecule has 1 fully saturated rings. The number of imide groups is 1. The Morgan fingerprint density at radius 1 is 1.00 bits per heavy atom. The number of fused-ring (bicyclic) bond motifs is 1. The molecule has 3 aromatic rings. The molecule has 0 aromatic heterocycles. The SMILES string of the molecule is O=C(CN1C(=O)S/C(=C\c2ccc(Cl)cc2)C1=O)NCc1cccc2ccccc12. The van der Waals surface area contributed by atoms with E-state index in [-0.39, 0.29) is 11.4 Å². The maximum Gasteiger partial charge on any atom is 0.294 e. The summed E-state index contributed by atoms with van der Waals surface area (Å²) in [4.78, 5) is 38.5. The summed E-state index contributed by atoms with van der Waals surface area (Å²) in [6.45, 7) is 0.00438. The fraction of sp³-hybridized carbons (Fsp3) is 0.0870. The predicted molar refractivity (Wildman–Crippen MR) is 120 cm³/mol. The van der Waals surface area contributed by atoms with Gasteiger partial charge in [-0.15, -0.1) is 0 Å². The summed E-state index contributed by atoms with van der Waals surface area (Å²) in [5.41, 5.74) is 1.73. The fourth-order valence-corrected chi connectivity index (χ4v) is 4.15. The van der Waals surface area contributed by atoms with Crippen molar-refractivity contribution < 1.29 is 14.4 Å². The second-order valence-corrected chi connectivity index (χ2v) is 8.16. The summed E-state index contributed by atoms with van der Waals surface area (Å²) in [6.07, 6.45) is 1.62. The molecule has 0 radical (unpaired) electrons. The molecule has 150 valence electrons. The fourth-order valence-electron chi connectivity index (χ4n) is 3.19. The molecule has 0 aliphatic carbocycles. The van der Waals surface area contributed by atoms with Crippen LogP contribution in [0, 0.1) is 0 Å². The van der Waals surface area contributed by atoms with Crippen molar-refractivity contribution in [1.29, 1.82) is 0 Å². The van der Waals surface area contributed by atoms with Gasteiger partial charge in [-0.1, -0.05) is 66.2 Å². The van der Waals surface area contributed by atoms with Crippen LogP contribution in [0.3, 0.4) is 0 Å². The number of halogens is 1. The molecule has 0 atom stereocenters. The third kappa shape index (κ3) is 4.40. The summed E-state index contributed by atoms with van der Waals surface area (Å²) < 4.78 is 0. The molecular formula is C23H17ClN2O3S. The van der Waals surface area contributed by atoms with E-state index in [1.807, 2.05) is 42.5 Å². The molecule has 0 spiro atoms. The molecule has 0 bridgehead atoms. The van der Waals surface area contributed by atoms with Gasteiger partial charge in [-0.3, -0.25) is 19.3 Å². The van der Waals surface area contributed by atoms with Gasteiger partial charge in [0.15, 0.2) is 0 Å². The molecule has 3 amide bonds. The molecule has 0 unspecified atom stereocenters. The molecular weight excluding hydrogens is 420 g/mol. The Bertz CT molecular complexity index is 1170. The Labute approximate surface area is 182 Å².